The zero-order valence-corrected chi connectivity index (χ0v) is 13.4. The molecule has 23 heavy (non-hydrogen) atoms. The van der Waals surface area contributed by atoms with Crippen LogP contribution < -0.4 is 10.3 Å². The Labute approximate surface area is 134 Å². The molecule has 0 spiro atoms. The van der Waals surface area contributed by atoms with Gasteiger partial charge < -0.3 is 4.57 Å². The highest BCUT2D eigenvalue weighted by atomic mass is 32.2. The second-order valence-electron chi connectivity index (χ2n) is 5.37. The third-order valence-electron chi connectivity index (χ3n) is 3.83. The van der Waals surface area contributed by atoms with Crippen LogP contribution in [0.25, 0.3) is 6.08 Å². The number of hydrogen-bond donors (Lipinski definition) is 2. The molecule has 1 aromatic carbocycles. The number of allylic oxidation sites excluding steroid dienone is 1. The Kier molecular flexibility index (Phi) is 4.06. The number of aryl methyl sites for hydroxylation is 2. The van der Waals surface area contributed by atoms with Gasteiger partial charge in [-0.05, 0) is 42.2 Å². The van der Waals surface area contributed by atoms with Crippen molar-refractivity contribution in [3.63, 3.8) is 0 Å². The Morgan fingerprint density at radius 1 is 1.13 bits per heavy atom. The molecule has 120 valence electrons. The lowest BCUT2D eigenvalue weighted by Gasteiger charge is -2.17. The molecule has 1 aromatic heterocycles. The van der Waals surface area contributed by atoms with E-state index >= 15 is 0 Å². The predicted octanol–water partition coefficient (Wildman–Crippen LogP) is 1.58. The number of carbonyl (C=O) groups excluding carboxylic acids is 1. The zero-order valence-electron chi connectivity index (χ0n) is 12.6. The minimum Gasteiger partial charge on any atom is -0.347 e. The molecule has 1 amide bonds. The molecule has 1 heterocycles. The van der Waals surface area contributed by atoms with E-state index in [4.69, 9.17) is 0 Å². The molecule has 0 atom stereocenters. The van der Waals surface area contributed by atoms with Crippen LogP contribution in [-0.2, 0) is 23.5 Å². The highest BCUT2D eigenvalue weighted by Crippen LogP contribution is 2.26. The molecule has 6 nitrogen and oxygen atoms in total. The second kappa shape index (κ2) is 6.02. The van der Waals surface area contributed by atoms with Gasteiger partial charge in [-0.25, -0.2) is 8.42 Å². The van der Waals surface area contributed by atoms with Gasteiger partial charge in [-0.2, -0.15) is 0 Å². The Morgan fingerprint density at radius 2 is 1.91 bits per heavy atom. The Morgan fingerprint density at radius 3 is 2.65 bits per heavy atom. The molecule has 2 aromatic rings. The van der Waals surface area contributed by atoms with Gasteiger partial charge in [-0.3, -0.25) is 10.2 Å². The van der Waals surface area contributed by atoms with Gasteiger partial charge in [-0.1, -0.05) is 24.3 Å². The lowest BCUT2D eigenvalue weighted by Crippen LogP contribution is -2.42. The number of carbonyl (C=O) groups is 1. The van der Waals surface area contributed by atoms with Crippen LogP contribution >= 0.6 is 0 Å². The third kappa shape index (κ3) is 3.20. The van der Waals surface area contributed by atoms with Crippen molar-refractivity contribution in [2.45, 2.75) is 12.8 Å². The van der Waals surface area contributed by atoms with Crippen LogP contribution in [0, 0.1) is 0 Å². The first kappa shape index (κ1) is 15.5. The van der Waals surface area contributed by atoms with E-state index in [2.05, 4.69) is 10.3 Å². The summed E-state index contributed by atoms with van der Waals surface area (Å²) in [6.07, 6.45) is 4.43. The number of hydrazine groups is 1. The second-order valence-corrected chi connectivity index (χ2v) is 7.11. The number of amides is 1. The Balaban J connectivity index is 1.74. The largest absolute Gasteiger partial charge is 0.347 e. The number of nitrogens with zero attached hydrogens (tertiary/aromatic N) is 1. The number of fused-ring (bicyclic) bond motifs is 1. The fraction of sp³-hybridized carbons (Fsp3) is 0.188. The van der Waals surface area contributed by atoms with E-state index in [-0.39, 0.29) is 4.91 Å². The topological polar surface area (TPSA) is 80.2 Å². The molecular formula is C16H17N3O3S. The van der Waals surface area contributed by atoms with Gasteiger partial charge in [-0.15, -0.1) is 4.83 Å². The molecule has 3 rings (SSSR count). The molecule has 0 radical (unpaired) electrons. The van der Waals surface area contributed by atoms with Crippen molar-refractivity contribution in [1.82, 2.24) is 14.8 Å². The van der Waals surface area contributed by atoms with Gasteiger partial charge in [0.1, 0.15) is 5.69 Å². The Bertz CT molecular complexity index is 881. The summed E-state index contributed by atoms with van der Waals surface area (Å²) < 4.78 is 26.3. The van der Waals surface area contributed by atoms with Crippen LogP contribution in [0.4, 0.5) is 0 Å². The molecule has 0 bridgehead atoms. The maximum absolute atomic E-state index is 12.4. The van der Waals surface area contributed by atoms with Crippen LogP contribution in [-0.4, -0.2) is 18.9 Å². The molecule has 1 aliphatic carbocycles. The molecule has 1 aliphatic rings. The first-order valence-electron chi connectivity index (χ1n) is 7.19. The van der Waals surface area contributed by atoms with E-state index in [0.717, 1.165) is 11.1 Å². The summed E-state index contributed by atoms with van der Waals surface area (Å²) in [5.41, 5.74) is 4.64. The predicted molar refractivity (Wildman–Crippen MR) is 87.7 cm³/mol. The number of nitrogens with one attached hydrogen (secondary N) is 2. The third-order valence-corrected chi connectivity index (χ3v) is 5.22. The first-order valence-corrected chi connectivity index (χ1v) is 8.68. The van der Waals surface area contributed by atoms with E-state index in [1.54, 1.807) is 36.0 Å². The summed E-state index contributed by atoms with van der Waals surface area (Å²) in [5.74, 6) is -0.502. The lowest BCUT2D eigenvalue weighted by atomic mass is 9.98. The average Bonchev–Trinajstić information content (AvgIpc) is 2.98. The molecular weight excluding hydrogens is 314 g/mol. The van der Waals surface area contributed by atoms with Gasteiger partial charge in [0.25, 0.3) is 15.9 Å². The van der Waals surface area contributed by atoms with Crippen molar-refractivity contribution >= 4 is 22.0 Å². The van der Waals surface area contributed by atoms with E-state index in [1.165, 1.54) is 0 Å². The number of aromatic nitrogens is 1. The van der Waals surface area contributed by atoms with Gasteiger partial charge in [0.2, 0.25) is 0 Å². The molecule has 2 N–H and O–H groups in total. The van der Waals surface area contributed by atoms with Crippen LogP contribution in [0.1, 0.15) is 28.0 Å². The number of hydrogen-bond acceptors (Lipinski definition) is 3. The smallest absolute Gasteiger partial charge is 0.282 e. The number of sulfonamides is 1. The molecule has 0 aliphatic heterocycles. The monoisotopic (exact) mass is 331 g/mol. The summed E-state index contributed by atoms with van der Waals surface area (Å²) in [4.78, 5) is 14.4. The molecule has 0 saturated heterocycles. The van der Waals surface area contributed by atoms with Crippen LogP contribution in [0.2, 0.25) is 0 Å². The quantitative estimate of drug-likeness (QED) is 0.835. The average molecular weight is 331 g/mol. The summed E-state index contributed by atoms with van der Waals surface area (Å²) in [7, 11) is -2.04. The van der Waals surface area contributed by atoms with Gasteiger partial charge in [0.15, 0.2) is 0 Å². The van der Waals surface area contributed by atoms with Crippen molar-refractivity contribution < 1.29 is 13.2 Å². The number of rotatable bonds is 4. The first-order chi connectivity index (χ1) is 11.0. The van der Waals surface area contributed by atoms with E-state index in [9.17, 15) is 13.2 Å². The highest BCUT2D eigenvalue weighted by Gasteiger charge is 2.22. The molecule has 0 saturated carbocycles. The standard InChI is InChI=1S/C16H17N3O3S/c1-19-10-4-7-15(19)16(20)17-18-23(21,22)14-9-8-12-5-2-3-6-13(12)11-14/h2-7,10-11,18H,8-9H2,1H3,(H,17,20). The molecule has 0 fully saturated rings. The van der Waals surface area contributed by atoms with Gasteiger partial charge >= 0.3 is 0 Å². The number of benzene rings is 1. The van der Waals surface area contributed by atoms with Gasteiger partial charge in [0.05, 0.1) is 4.91 Å². The molecule has 0 unspecified atom stereocenters. The minimum absolute atomic E-state index is 0.267. The fourth-order valence-corrected chi connectivity index (χ4v) is 3.57. The normalized spacial score (nSPS) is 14.0. The SMILES string of the molecule is Cn1cccc1C(=O)NNS(=O)(=O)C1=Cc2ccccc2CC1. The Hall–Kier alpha value is -2.38. The zero-order chi connectivity index (χ0) is 16.4. The lowest BCUT2D eigenvalue weighted by molar-refractivity contribution is 0.0937. The summed E-state index contributed by atoms with van der Waals surface area (Å²) >= 11 is 0. The highest BCUT2D eigenvalue weighted by molar-refractivity contribution is 7.93. The molecule has 7 heteroatoms. The van der Waals surface area contributed by atoms with E-state index in [0.29, 0.717) is 18.5 Å². The van der Waals surface area contributed by atoms with Crippen LogP contribution in [0.3, 0.4) is 0 Å². The maximum Gasteiger partial charge on any atom is 0.282 e. The van der Waals surface area contributed by atoms with Crippen molar-refractivity contribution in [1.29, 1.82) is 0 Å². The minimum atomic E-state index is -3.76. The summed E-state index contributed by atoms with van der Waals surface area (Å²) in [6.45, 7) is 0. The fourth-order valence-electron chi connectivity index (χ4n) is 2.56. The van der Waals surface area contributed by atoms with Crippen LogP contribution in [0.15, 0.2) is 47.5 Å². The van der Waals surface area contributed by atoms with E-state index < -0.39 is 15.9 Å². The van der Waals surface area contributed by atoms with Crippen molar-refractivity contribution in [3.05, 3.63) is 64.3 Å². The van der Waals surface area contributed by atoms with Crippen molar-refractivity contribution in [2.24, 2.45) is 7.05 Å². The summed E-state index contributed by atoms with van der Waals surface area (Å²) in [6, 6.07) is 11.0. The summed E-state index contributed by atoms with van der Waals surface area (Å²) in [5, 5.41) is 0. The van der Waals surface area contributed by atoms with Crippen molar-refractivity contribution in [2.75, 3.05) is 0 Å². The maximum atomic E-state index is 12.4. The van der Waals surface area contributed by atoms with Crippen molar-refractivity contribution in [3.8, 4) is 0 Å². The van der Waals surface area contributed by atoms with E-state index in [1.807, 2.05) is 24.3 Å². The van der Waals surface area contributed by atoms with Gasteiger partial charge in [0, 0.05) is 13.2 Å². The van der Waals surface area contributed by atoms with Crippen LogP contribution in [0.5, 0.6) is 0 Å².